The Morgan fingerprint density at radius 3 is 2.72 bits per heavy atom. The van der Waals surface area contributed by atoms with Gasteiger partial charge in [0.05, 0.1) is 10.9 Å². The second-order valence-electron chi connectivity index (χ2n) is 6.01. The molecule has 1 aliphatic heterocycles. The van der Waals surface area contributed by atoms with Crippen LogP contribution in [0, 0.1) is 5.92 Å². The zero-order chi connectivity index (χ0) is 13.4. The van der Waals surface area contributed by atoms with Crippen LogP contribution in [0.1, 0.15) is 45.4 Å². The number of hydrogen-bond donors (Lipinski definition) is 2. The van der Waals surface area contributed by atoms with E-state index in [1.54, 1.807) is 0 Å². The summed E-state index contributed by atoms with van der Waals surface area (Å²) >= 11 is 0. The summed E-state index contributed by atoms with van der Waals surface area (Å²) in [4.78, 5) is 0. The highest BCUT2D eigenvalue weighted by atomic mass is 32.2. The topological polar surface area (TPSA) is 66.4 Å². The molecular weight excluding hydrogens is 250 g/mol. The van der Waals surface area contributed by atoms with E-state index in [9.17, 15) is 13.5 Å². The van der Waals surface area contributed by atoms with Gasteiger partial charge in [0.2, 0.25) is 0 Å². The quantitative estimate of drug-likeness (QED) is 0.809. The van der Waals surface area contributed by atoms with Gasteiger partial charge in [0, 0.05) is 12.3 Å². The number of hydrogen-bond acceptors (Lipinski definition) is 4. The summed E-state index contributed by atoms with van der Waals surface area (Å²) in [6, 6.07) is -0.0570. The maximum atomic E-state index is 11.9. The van der Waals surface area contributed by atoms with Gasteiger partial charge in [-0.15, -0.1) is 0 Å². The van der Waals surface area contributed by atoms with Crippen molar-refractivity contribution in [3.63, 3.8) is 0 Å². The van der Waals surface area contributed by atoms with Gasteiger partial charge in [-0.25, -0.2) is 8.42 Å². The lowest BCUT2D eigenvalue weighted by molar-refractivity contribution is -0.00605. The summed E-state index contributed by atoms with van der Waals surface area (Å²) in [5.41, 5.74) is -1.05. The van der Waals surface area contributed by atoms with Gasteiger partial charge in [-0.1, -0.05) is 13.3 Å². The molecule has 106 valence electrons. The Balaban J connectivity index is 2.19. The summed E-state index contributed by atoms with van der Waals surface area (Å²) in [6.07, 6.45) is 6.42. The van der Waals surface area contributed by atoms with E-state index in [1.165, 1.54) is 6.26 Å². The molecule has 0 spiro atoms. The molecule has 4 unspecified atom stereocenters. The summed E-state index contributed by atoms with van der Waals surface area (Å²) < 4.78 is 23.7. The maximum Gasteiger partial charge on any atom is 0.153 e. The predicted molar refractivity (Wildman–Crippen MR) is 72.2 cm³/mol. The molecule has 0 aromatic heterocycles. The van der Waals surface area contributed by atoms with E-state index in [-0.39, 0.29) is 6.04 Å². The number of rotatable bonds is 3. The first-order valence-electron chi connectivity index (χ1n) is 7.02. The zero-order valence-corrected chi connectivity index (χ0v) is 12.2. The monoisotopic (exact) mass is 275 g/mol. The Labute approximate surface area is 110 Å². The van der Waals surface area contributed by atoms with Crippen molar-refractivity contribution in [1.29, 1.82) is 0 Å². The largest absolute Gasteiger partial charge is 0.387 e. The molecule has 2 rings (SSSR count). The average Bonchev–Trinajstić information content (AvgIpc) is 2.73. The fourth-order valence-electron chi connectivity index (χ4n) is 3.71. The molecule has 0 radical (unpaired) electrons. The van der Waals surface area contributed by atoms with Crippen LogP contribution in [0.3, 0.4) is 0 Å². The van der Waals surface area contributed by atoms with Crippen LogP contribution < -0.4 is 5.32 Å². The third-order valence-corrected chi connectivity index (χ3v) is 6.49. The second kappa shape index (κ2) is 5.10. The van der Waals surface area contributed by atoms with E-state index in [1.807, 2.05) is 0 Å². The van der Waals surface area contributed by atoms with Crippen LogP contribution in [0.4, 0.5) is 0 Å². The number of piperidine rings is 1. The van der Waals surface area contributed by atoms with Crippen LogP contribution in [0.25, 0.3) is 0 Å². The molecule has 1 saturated heterocycles. The van der Waals surface area contributed by atoms with Crippen LogP contribution in [0.5, 0.6) is 0 Å². The van der Waals surface area contributed by atoms with E-state index in [4.69, 9.17) is 0 Å². The smallest absolute Gasteiger partial charge is 0.153 e. The molecule has 5 heteroatoms. The van der Waals surface area contributed by atoms with Crippen molar-refractivity contribution in [1.82, 2.24) is 5.32 Å². The Hall–Kier alpha value is -0.130. The minimum absolute atomic E-state index is 0.0570. The van der Waals surface area contributed by atoms with E-state index >= 15 is 0 Å². The van der Waals surface area contributed by atoms with Gasteiger partial charge in [-0.2, -0.15) is 0 Å². The summed E-state index contributed by atoms with van der Waals surface area (Å²) in [6.45, 7) is 3.06. The number of aliphatic hydroxyl groups is 1. The molecule has 0 aromatic carbocycles. The van der Waals surface area contributed by atoms with Gasteiger partial charge in [0.1, 0.15) is 0 Å². The summed E-state index contributed by atoms with van der Waals surface area (Å²) in [7, 11) is -3.17. The van der Waals surface area contributed by atoms with Crippen LogP contribution in [-0.2, 0) is 9.84 Å². The molecule has 0 aromatic rings. The molecule has 4 atom stereocenters. The summed E-state index contributed by atoms with van der Waals surface area (Å²) in [5, 5.41) is 13.7. The van der Waals surface area contributed by atoms with E-state index in [2.05, 4.69) is 12.2 Å². The molecular formula is C13H25NO3S. The molecule has 1 aliphatic carbocycles. The first-order valence-corrected chi connectivity index (χ1v) is 8.98. The van der Waals surface area contributed by atoms with E-state index < -0.39 is 20.7 Å². The van der Waals surface area contributed by atoms with E-state index in [0.717, 1.165) is 32.2 Å². The second-order valence-corrected chi connectivity index (χ2v) is 8.24. The predicted octanol–water partition coefficient (Wildman–Crippen LogP) is 1.09. The van der Waals surface area contributed by atoms with Crippen LogP contribution in [0.2, 0.25) is 0 Å². The molecule has 2 fully saturated rings. The van der Waals surface area contributed by atoms with Gasteiger partial charge < -0.3 is 10.4 Å². The zero-order valence-electron chi connectivity index (χ0n) is 11.4. The Morgan fingerprint density at radius 2 is 2.11 bits per heavy atom. The Morgan fingerprint density at radius 1 is 1.39 bits per heavy atom. The van der Waals surface area contributed by atoms with Gasteiger partial charge in [-0.05, 0) is 44.6 Å². The molecule has 4 nitrogen and oxygen atoms in total. The van der Waals surface area contributed by atoms with E-state index in [0.29, 0.717) is 18.8 Å². The van der Waals surface area contributed by atoms with Gasteiger partial charge in [0.25, 0.3) is 0 Å². The Bertz CT molecular complexity index is 395. The average molecular weight is 275 g/mol. The lowest BCUT2D eigenvalue weighted by Gasteiger charge is -2.42. The van der Waals surface area contributed by atoms with Crippen molar-refractivity contribution in [2.45, 2.75) is 62.3 Å². The van der Waals surface area contributed by atoms with Crippen molar-refractivity contribution >= 4 is 9.84 Å². The molecule has 2 N–H and O–H groups in total. The molecule has 18 heavy (non-hydrogen) atoms. The number of sulfone groups is 1. The third-order valence-electron chi connectivity index (χ3n) is 4.81. The lowest BCUT2D eigenvalue weighted by atomic mass is 9.80. The minimum Gasteiger partial charge on any atom is -0.387 e. The van der Waals surface area contributed by atoms with Gasteiger partial charge in [-0.3, -0.25) is 0 Å². The highest BCUT2D eigenvalue weighted by Crippen LogP contribution is 2.40. The van der Waals surface area contributed by atoms with Gasteiger partial charge in [0.15, 0.2) is 9.84 Å². The molecule has 1 heterocycles. The highest BCUT2D eigenvalue weighted by Gasteiger charge is 2.52. The maximum absolute atomic E-state index is 11.9. The highest BCUT2D eigenvalue weighted by molar-refractivity contribution is 7.91. The first kappa shape index (κ1) is 14.3. The minimum atomic E-state index is -3.17. The molecule has 1 saturated carbocycles. The third kappa shape index (κ3) is 2.58. The van der Waals surface area contributed by atoms with Crippen molar-refractivity contribution < 1.29 is 13.5 Å². The lowest BCUT2D eigenvalue weighted by Crippen LogP contribution is -2.59. The van der Waals surface area contributed by atoms with Crippen molar-refractivity contribution in [2.75, 3.05) is 12.8 Å². The molecule has 0 amide bonds. The van der Waals surface area contributed by atoms with Crippen molar-refractivity contribution in [3.8, 4) is 0 Å². The summed E-state index contributed by atoms with van der Waals surface area (Å²) in [5.74, 6) is 0.612. The normalized spacial score (nSPS) is 42.1. The van der Waals surface area contributed by atoms with Crippen LogP contribution >= 0.6 is 0 Å². The Kier molecular flexibility index (Phi) is 4.04. The standard InChI is InChI=1S/C13H25NO3S/c1-3-10-6-8-14-11(9-10)13(15)7-4-5-12(13)18(2,16)17/h10-12,14-15H,3-9H2,1-2H3. The fourth-order valence-corrected chi connectivity index (χ4v) is 5.33. The number of nitrogens with one attached hydrogen (secondary N) is 1. The van der Waals surface area contributed by atoms with Crippen LogP contribution in [-0.4, -0.2) is 43.2 Å². The SMILES string of the molecule is CCC1CCNC(C2(O)CCCC2S(C)(=O)=O)C1. The van der Waals surface area contributed by atoms with Gasteiger partial charge >= 0.3 is 0 Å². The van der Waals surface area contributed by atoms with Crippen LogP contribution in [0.15, 0.2) is 0 Å². The molecule has 2 aliphatic rings. The fraction of sp³-hybridized carbons (Fsp3) is 1.00. The molecule has 0 bridgehead atoms. The van der Waals surface area contributed by atoms with Crippen molar-refractivity contribution in [2.24, 2.45) is 5.92 Å². The first-order chi connectivity index (χ1) is 8.38. The van der Waals surface area contributed by atoms with Crippen molar-refractivity contribution in [3.05, 3.63) is 0 Å².